The molecule has 0 unspecified atom stereocenters. The third-order valence-corrected chi connectivity index (χ3v) is 2.54. The molecule has 2 heteroatoms. The van der Waals surface area contributed by atoms with Crippen molar-refractivity contribution in [2.75, 3.05) is 7.11 Å². The SMILES string of the molecule is COc1ccc(/C=C/Cc2ccc(C)o2)cc1. The molecule has 0 saturated carbocycles. The van der Waals surface area contributed by atoms with Crippen molar-refractivity contribution in [2.45, 2.75) is 13.3 Å². The molecule has 0 amide bonds. The fourth-order valence-corrected chi connectivity index (χ4v) is 1.62. The van der Waals surface area contributed by atoms with Crippen LogP contribution in [-0.2, 0) is 6.42 Å². The van der Waals surface area contributed by atoms with E-state index in [0.29, 0.717) is 0 Å². The topological polar surface area (TPSA) is 22.4 Å². The highest BCUT2D eigenvalue weighted by molar-refractivity contribution is 5.50. The van der Waals surface area contributed by atoms with Gasteiger partial charge in [-0.25, -0.2) is 0 Å². The van der Waals surface area contributed by atoms with Crippen LogP contribution in [0.15, 0.2) is 46.9 Å². The van der Waals surface area contributed by atoms with Crippen LogP contribution in [0.5, 0.6) is 5.75 Å². The van der Waals surface area contributed by atoms with E-state index in [1.54, 1.807) is 7.11 Å². The van der Waals surface area contributed by atoms with Crippen LogP contribution in [0.25, 0.3) is 6.08 Å². The lowest BCUT2D eigenvalue weighted by Crippen LogP contribution is -1.81. The van der Waals surface area contributed by atoms with Crippen LogP contribution in [0.4, 0.5) is 0 Å². The minimum absolute atomic E-state index is 0.819. The summed E-state index contributed by atoms with van der Waals surface area (Å²) in [6, 6.07) is 12.0. The molecule has 0 fully saturated rings. The Kier molecular flexibility index (Phi) is 3.66. The van der Waals surface area contributed by atoms with Crippen LogP contribution >= 0.6 is 0 Å². The van der Waals surface area contributed by atoms with E-state index in [9.17, 15) is 0 Å². The van der Waals surface area contributed by atoms with Gasteiger partial charge in [0.05, 0.1) is 7.11 Å². The summed E-state index contributed by atoms with van der Waals surface area (Å²) in [7, 11) is 1.67. The zero-order valence-corrected chi connectivity index (χ0v) is 10.1. The van der Waals surface area contributed by atoms with Gasteiger partial charge < -0.3 is 9.15 Å². The van der Waals surface area contributed by atoms with Crippen molar-refractivity contribution in [3.8, 4) is 5.75 Å². The highest BCUT2D eigenvalue weighted by atomic mass is 16.5. The molecule has 0 atom stereocenters. The van der Waals surface area contributed by atoms with Gasteiger partial charge in [-0.1, -0.05) is 24.3 Å². The van der Waals surface area contributed by atoms with E-state index in [4.69, 9.17) is 9.15 Å². The predicted molar refractivity (Wildman–Crippen MR) is 69.2 cm³/mol. The number of aryl methyl sites for hydroxylation is 1. The molecule has 0 radical (unpaired) electrons. The van der Waals surface area contributed by atoms with Crippen molar-refractivity contribution < 1.29 is 9.15 Å². The summed E-state index contributed by atoms with van der Waals surface area (Å²) in [6.45, 7) is 1.96. The zero-order valence-electron chi connectivity index (χ0n) is 10.1. The highest BCUT2D eigenvalue weighted by Gasteiger charge is 1.95. The average Bonchev–Trinajstić information content (AvgIpc) is 2.76. The third kappa shape index (κ3) is 3.25. The van der Waals surface area contributed by atoms with E-state index in [2.05, 4.69) is 12.2 Å². The van der Waals surface area contributed by atoms with Crippen molar-refractivity contribution in [3.05, 3.63) is 59.6 Å². The van der Waals surface area contributed by atoms with Crippen LogP contribution in [0.3, 0.4) is 0 Å². The first-order chi connectivity index (χ1) is 8.28. The molecular formula is C15H16O2. The molecule has 0 aliphatic rings. The summed E-state index contributed by atoms with van der Waals surface area (Å²) in [5.41, 5.74) is 1.16. The maximum Gasteiger partial charge on any atom is 0.118 e. The van der Waals surface area contributed by atoms with E-state index in [1.807, 2.05) is 43.3 Å². The Morgan fingerprint density at radius 3 is 2.47 bits per heavy atom. The van der Waals surface area contributed by atoms with Crippen molar-refractivity contribution >= 4 is 6.08 Å². The van der Waals surface area contributed by atoms with E-state index in [0.717, 1.165) is 29.3 Å². The van der Waals surface area contributed by atoms with Crippen LogP contribution in [0.1, 0.15) is 17.1 Å². The first kappa shape index (κ1) is 11.5. The number of methoxy groups -OCH3 is 1. The summed E-state index contributed by atoms with van der Waals surface area (Å²) >= 11 is 0. The zero-order chi connectivity index (χ0) is 12.1. The van der Waals surface area contributed by atoms with Gasteiger partial charge in [0.15, 0.2) is 0 Å². The van der Waals surface area contributed by atoms with Gasteiger partial charge in [-0.2, -0.15) is 0 Å². The lowest BCUT2D eigenvalue weighted by Gasteiger charge is -1.98. The standard InChI is InChI=1S/C15H16O2/c1-12-6-9-15(17-12)5-3-4-13-7-10-14(16-2)11-8-13/h3-4,6-11H,5H2,1-2H3/b4-3+. The maximum atomic E-state index is 5.49. The quantitative estimate of drug-likeness (QED) is 0.793. The predicted octanol–water partition coefficient (Wildman–Crippen LogP) is 3.85. The van der Waals surface area contributed by atoms with Gasteiger partial charge in [-0.05, 0) is 36.8 Å². The summed E-state index contributed by atoms with van der Waals surface area (Å²) in [4.78, 5) is 0. The molecule has 0 N–H and O–H groups in total. The average molecular weight is 228 g/mol. The van der Waals surface area contributed by atoms with Gasteiger partial charge in [0.2, 0.25) is 0 Å². The molecule has 1 aromatic carbocycles. The van der Waals surface area contributed by atoms with Crippen LogP contribution in [0.2, 0.25) is 0 Å². The summed E-state index contributed by atoms with van der Waals surface area (Å²) in [5.74, 6) is 2.83. The van der Waals surface area contributed by atoms with Crippen LogP contribution in [-0.4, -0.2) is 7.11 Å². The van der Waals surface area contributed by atoms with E-state index in [-0.39, 0.29) is 0 Å². The molecule has 2 aromatic rings. The van der Waals surface area contributed by atoms with Gasteiger partial charge in [0, 0.05) is 6.42 Å². The second-order valence-electron chi connectivity index (χ2n) is 3.89. The molecule has 1 aromatic heterocycles. The molecule has 88 valence electrons. The second-order valence-corrected chi connectivity index (χ2v) is 3.89. The molecule has 17 heavy (non-hydrogen) atoms. The van der Waals surface area contributed by atoms with Crippen LogP contribution < -0.4 is 4.74 Å². The van der Waals surface area contributed by atoms with Crippen molar-refractivity contribution in [1.29, 1.82) is 0 Å². The van der Waals surface area contributed by atoms with Gasteiger partial charge in [-0.3, -0.25) is 0 Å². The first-order valence-corrected chi connectivity index (χ1v) is 5.64. The lowest BCUT2D eigenvalue weighted by molar-refractivity contribution is 0.415. The third-order valence-electron chi connectivity index (χ3n) is 2.54. The van der Waals surface area contributed by atoms with Crippen molar-refractivity contribution in [2.24, 2.45) is 0 Å². The number of hydrogen-bond acceptors (Lipinski definition) is 2. The summed E-state index contributed by atoms with van der Waals surface area (Å²) in [6.07, 6.45) is 5.00. The number of benzene rings is 1. The normalized spacial score (nSPS) is 10.9. The van der Waals surface area contributed by atoms with Gasteiger partial charge in [-0.15, -0.1) is 0 Å². The second kappa shape index (κ2) is 5.39. The fraction of sp³-hybridized carbons (Fsp3) is 0.200. The number of rotatable bonds is 4. The molecule has 2 rings (SSSR count). The van der Waals surface area contributed by atoms with E-state index < -0.39 is 0 Å². The van der Waals surface area contributed by atoms with E-state index in [1.165, 1.54) is 0 Å². The number of furan rings is 1. The Bertz CT molecular complexity index is 492. The molecule has 0 bridgehead atoms. The Labute approximate surface area is 102 Å². The number of hydrogen-bond donors (Lipinski definition) is 0. The number of ether oxygens (including phenoxy) is 1. The molecule has 0 aliphatic heterocycles. The Morgan fingerprint density at radius 2 is 1.88 bits per heavy atom. The molecular weight excluding hydrogens is 212 g/mol. The smallest absolute Gasteiger partial charge is 0.118 e. The maximum absolute atomic E-state index is 5.49. The summed E-state index contributed by atoms with van der Waals surface area (Å²) in [5, 5.41) is 0. The van der Waals surface area contributed by atoms with Gasteiger partial charge >= 0.3 is 0 Å². The largest absolute Gasteiger partial charge is 0.497 e. The number of allylic oxidation sites excluding steroid dienone is 1. The molecule has 2 nitrogen and oxygen atoms in total. The minimum atomic E-state index is 0.819. The lowest BCUT2D eigenvalue weighted by atomic mass is 10.2. The highest BCUT2D eigenvalue weighted by Crippen LogP contribution is 2.13. The Morgan fingerprint density at radius 1 is 1.12 bits per heavy atom. The Balaban J connectivity index is 1.95. The van der Waals surface area contributed by atoms with Gasteiger partial charge in [0.1, 0.15) is 17.3 Å². The monoisotopic (exact) mass is 228 g/mol. The molecule has 0 saturated heterocycles. The van der Waals surface area contributed by atoms with Crippen molar-refractivity contribution in [3.63, 3.8) is 0 Å². The minimum Gasteiger partial charge on any atom is -0.497 e. The Hall–Kier alpha value is -1.96. The molecule has 0 spiro atoms. The summed E-state index contributed by atoms with van der Waals surface area (Å²) < 4.78 is 10.6. The van der Waals surface area contributed by atoms with Gasteiger partial charge in [0.25, 0.3) is 0 Å². The molecule has 1 heterocycles. The molecule has 0 aliphatic carbocycles. The van der Waals surface area contributed by atoms with Crippen LogP contribution in [0, 0.1) is 6.92 Å². The van der Waals surface area contributed by atoms with E-state index >= 15 is 0 Å². The van der Waals surface area contributed by atoms with Crippen molar-refractivity contribution in [1.82, 2.24) is 0 Å². The fourth-order valence-electron chi connectivity index (χ4n) is 1.62. The first-order valence-electron chi connectivity index (χ1n) is 5.64.